The quantitative estimate of drug-likeness (QED) is 0.363. The number of carbonyl (C=O) groups is 1. The first kappa shape index (κ1) is 23.1. The monoisotopic (exact) mass is 496 g/mol. The SMILES string of the molecule is COc1cc(CC#Cc2ccc3c(c2)C(=O)C(=Cc2ccc(Cl)c(Cl)c2)S(=O)N3C)ccn1. The van der Waals surface area contributed by atoms with Gasteiger partial charge >= 0.3 is 0 Å². The molecule has 4 rings (SSSR count). The van der Waals surface area contributed by atoms with Gasteiger partial charge in [-0.25, -0.2) is 9.19 Å². The fraction of sp³-hybridized carbons (Fsp3) is 0.120. The first-order valence-corrected chi connectivity index (χ1v) is 11.7. The Morgan fingerprint density at radius 2 is 1.94 bits per heavy atom. The van der Waals surface area contributed by atoms with Gasteiger partial charge in [0.2, 0.25) is 11.7 Å². The molecule has 3 aromatic rings. The number of methoxy groups -OCH3 is 1. The number of ether oxygens (including phenoxy) is 1. The highest BCUT2D eigenvalue weighted by Gasteiger charge is 2.32. The molecular formula is C25H18Cl2N2O3S. The Morgan fingerprint density at radius 1 is 1.12 bits per heavy atom. The van der Waals surface area contributed by atoms with E-state index in [1.54, 1.807) is 61.1 Å². The number of carbonyl (C=O) groups excluding carboxylic acids is 1. The van der Waals surface area contributed by atoms with Gasteiger partial charge in [-0.2, -0.15) is 0 Å². The Bertz CT molecular complexity index is 1380. The van der Waals surface area contributed by atoms with Crippen LogP contribution >= 0.6 is 23.2 Å². The van der Waals surface area contributed by atoms with Gasteiger partial charge in [-0.1, -0.05) is 41.1 Å². The van der Waals surface area contributed by atoms with Crippen molar-refractivity contribution in [3.05, 3.63) is 91.9 Å². The average Bonchev–Trinajstić information content (AvgIpc) is 2.82. The lowest BCUT2D eigenvalue weighted by molar-refractivity contribution is 0.104. The molecule has 5 nitrogen and oxygen atoms in total. The van der Waals surface area contributed by atoms with Crippen molar-refractivity contribution in [1.82, 2.24) is 4.98 Å². The second-order valence-corrected chi connectivity index (χ2v) is 9.48. The van der Waals surface area contributed by atoms with Gasteiger partial charge in [-0.3, -0.25) is 9.10 Å². The highest BCUT2D eigenvalue weighted by Crippen LogP contribution is 2.34. The minimum absolute atomic E-state index is 0.164. The van der Waals surface area contributed by atoms with Crippen LogP contribution in [-0.4, -0.2) is 29.1 Å². The van der Waals surface area contributed by atoms with E-state index in [4.69, 9.17) is 27.9 Å². The third kappa shape index (κ3) is 4.96. The average molecular weight is 497 g/mol. The molecular weight excluding hydrogens is 479 g/mol. The standard InChI is InChI=1S/C25H18Cl2N2O3S/c1-29-22-9-7-16(4-3-5-17-10-11-28-24(15-17)32-2)12-19(22)25(30)23(33(29)31)14-18-6-8-20(26)21(27)13-18/h6-15H,5H2,1-2H3. The molecule has 0 fully saturated rings. The fourth-order valence-corrected chi connectivity index (χ4v) is 4.75. The first-order chi connectivity index (χ1) is 15.9. The summed E-state index contributed by atoms with van der Waals surface area (Å²) >= 11 is 12.1. The number of nitrogens with zero attached hydrogens (tertiary/aromatic N) is 2. The molecule has 1 unspecified atom stereocenters. The van der Waals surface area contributed by atoms with E-state index in [0.717, 1.165) is 5.56 Å². The maximum Gasteiger partial charge on any atom is 0.213 e. The van der Waals surface area contributed by atoms with Crippen LogP contribution < -0.4 is 9.04 Å². The van der Waals surface area contributed by atoms with Crippen molar-refractivity contribution in [2.45, 2.75) is 6.42 Å². The van der Waals surface area contributed by atoms with E-state index < -0.39 is 11.0 Å². The number of allylic oxidation sites excluding steroid dienone is 1. The molecule has 0 saturated heterocycles. The number of pyridine rings is 1. The molecule has 0 radical (unpaired) electrons. The number of hydrogen-bond donors (Lipinski definition) is 0. The summed E-state index contributed by atoms with van der Waals surface area (Å²) in [6.45, 7) is 0. The topological polar surface area (TPSA) is 59.5 Å². The fourth-order valence-electron chi connectivity index (χ4n) is 3.31. The number of ketones is 1. The van der Waals surface area contributed by atoms with Crippen LogP contribution in [0.2, 0.25) is 10.0 Å². The molecule has 166 valence electrons. The van der Waals surface area contributed by atoms with Crippen LogP contribution in [0.4, 0.5) is 5.69 Å². The summed E-state index contributed by atoms with van der Waals surface area (Å²) in [4.78, 5) is 17.5. The summed E-state index contributed by atoms with van der Waals surface area (Å²) in [6, 6.07) is 14.0. The van der Waals surface area contributed by atoms with E-state index in [9.17, 15) is 9.00 Å². The molecule has 0 spiro atoms. The number of fused-ring (bicyclic) bond motifs is 1. The van der Waals surface area contributed by atoms with Gasteiger partial charge in [-0.05, 0) is 53.6 Å². The van der Waals surface area contributed by atoms with Crippen molar-refractivity contribution in [2.75, 3.05) is 18.5 Å². The predicted molar refractivity (Wildman–Crippen MR) is 133 cm³/mol. The van der Waals surface area contributed by atoms with E-state index in [-0.39, 0.29) is 10.7 Å². The Morgan fingerprint density at radius 3 is 2.70 bits per heavy atom. The molecule has 8 heteroatoms. The minimum atomic E-state index is -1.65. The number of halogens is 2. The second kappa shape index (κ2) is 9.80. The summed E-state index contributed by atoms with van der Waals surface area (Å²) < 4.78 is 19.7. The van der Waals surface area contributed by atoms with Crippen molar-refractivity contribution in [3.63, 3.8) is 0 Å². The molecule has 1 aromatic heterocycles. The lowest BCUT2D eigenvalue weighted by Gasteiger charge is -2.27. The lowest BCUT2D eigenvalue weighted by Crippen LogP contribution is -2.31. The normalized spacial score (nSPS) is 16.2. The number of Topliss-reactive ketones (excluding diaryl/α,β-unsaturated/α-hetero) is 1. The molecule has 2 aromatic carbocycles. The summed E-state index contributed by atoms with van der Waals surface area (Å²) in [5.41, 5.74) is 3.35. The molecule has 0 bridgehead atoms. The van der Waals surface area contributed by atoms with Crippen molar-refractivity contribution < 1.29 is 13.7 Å². The molecule has 0 aliphatic carbocycles. The maximum atomic E-state index is 13.2. The van der Waals surface area contributed by atoms with Crippen LogP contribution in [-0.2, 0) is 17.4 Å². The van der Waals surface area contributed by atoms with Gasteiger partial charge in [0.1, 0.15) is 4.91 Å². The van der Waals surface area contributed by atoms with Gasteiger partial charge in [-0.15, -0.1) is 0 Å². The van der Waals surface area contributed by atoms with E-state index in [0.29, 0.717) is 44.7 Å². The van der Waals surface area contributed by atoms with Crippen molar-refractivity contribution in [2.24, 2.45) is 0 Å². The van der Waals surface area contributed by atoms with E-state index in [2.05, 4.69) is 16.8 Å². The third-order valence-corrected chi connectivity index (χ3v) is 7.13. The van der Waals surface area contributed by atoms with E-state index in [1.165, 1.54) is 0 Å². The maximum absolute atomic E-state index is 13.2. The molecule has 0 amide bonds. The van der Waals surface area contributed by atoms with Crippen LogP contribution in [0.1, 0.15) is 27.0 Å². The van der Waals surface area contributed by atoms with E-state index >= 15 is 0 Å². The molecule has 2 heterocycles. The van der Waals surface area contributed by atoms with Crippen molar-refractivity contribution in [3.8, 4) is 17.7 Å². The Hall–Kier alpha value is -3.11. The van der Waals surface area contributed by atoms with Crippen molar-refractivity contribution >= 4 is 51.7 Å². The summed E-state index contributed by atoms with van der Waals surface area (Å²) in [5, 5.41) is 0.768. The zero-order chi connectivity index (χ0) is 23.5. The molecule has 0 N–H and O–H groups in total. The number of benzene rings is 2. The summed E-state index contributed by atoms with van der Waals surface area (Å²) in [5.74, 6) is 6.43. The van der Waals surface area contributed by atoms with Crippen LogP contribution in [0.3, 0.4) is 0 Å². The van der Waals surface area contributed by atoms with Gasteiger partial charge in [0.15, 0.2) is 11.0 Å². The largest absolute Gasteiger partial charge is 0.481 e. The third-order valence-electron chi connectivity index (χ3n) is 5.02. The molecule has 1 aliphatic rings. The summed E-state index contributed by atoms with van der Waals surface area (Å²) in [7, 11) is 1.60. The van der Waals surface area contributed by atoms with Crippen LogP contribution in [0.15, 0.2) is 59.6 Å². The first-order valence-electron chi connectivity index (χ1n) is 9.86. The van der Waals surface area contributed by atoms with E-state index in [1.807, 2.05) is 18.2 Å². The predicted octanol–water partition coefficient (Wildman–Crippen LogP) is 5.33. The summed E-state index contributed by atoms with van der Waals surface area (Å²) in [6.07, 6.45) is 3.76. The Labute approximate surface area is 204 Å². The van der Waals surface area contributed by atoms with Crippen LogP contribution in [0.5, 0.6) is 5.88 Å². The zero-order valence-electron chi connectivity index (χ0n) is 17.8. The molecule has 33 heavy (non-hydrogen) atoms. The van der Waals surface area contributed by atoms with Gasteiger partial charge in [0, 0.05) is 36.9 Å². The molecule has 1 atom stereocenters. The Balaban J connectivity index is 1.64. The molecule has 1 aliphatic heterocycles. The van der Waals surface area contributed by atoms with Gasteiger partial charge in [0.25, 0.3) is 0 Å². The molecule has 0 saturated carbocycles. The minimum Gasteiger partial charge on any atom is -0.481 e. The highest BCUT2D eigenvalue weighted by molar-refractivity contribution is 7.91. The highest BCUT2D eigenvalue weighted by atomic mass is 35.5. The second-order valence-electron chi connectivity index (χ2n) is 7.17. The number of rotatable bonds is 3. The number of hydrogen-bond acceptors (Lipinski definition) is 4. The smallest absolute Gasteiger partial charge is 0.213 e. The Kier molecular flexibility index (Phi) is 6.85. The van der Waals surface area contributed by atoms with Crippen molar-refractivity contribution in [1.29, 1.82) is 0 Å². The van der Waals surface area contributed by atoms with Crippen LogP contribution in [0.25, 0.3) is 6.08 Å². The number of aromatic nitrogens is 1. The van der Waals surface area contributed by atoms with Crippen LogP contribution in [0, 0.1) is 11.8 Å². The lowest BCUT2D eigenvalue weighted by atomic mass is 10.0. The van der Waals surface area contributed by atoms with Gasteiger partial charge < -0.3 is 4.74 Å². The van der Waals surface area contributed by atoms with Gasteiger partial charge in [0.05, 0.1) is 22.8 Å². The number of anilines is 1. The zero-order valence-corrected chi connectivity index (χ0v) is 20.1.